The number of benzene rings is 1. The van der Waals surface area contributed by atoms with E-state index >= 15 is 0 Å². The second-order valence-corrected chi connectivity index (χ2v) is 4.72. The number of aromatic nitrogens is 2. The van der Waals surface area contributed by atoms with Gasteiger partial charge in [-0.2, -0.15) is 0 Å². The molecule has 0 amide bonds. The third-order valence-electron chi connectivity index (χ3n) is 3.26. The van der Waals surface area contributed by atoms with Gasteiger partial charge in [-0.05, 0) is 48.9 Å². The van der Waals surface area contributed by atoms with Crippen molar-refractivity contribution in [3.8, 4) is 22.5 Å². The van der Waals surface area contributed by atoms with Gasteiger partial charge in [0.15, 0.2) is 0 Å². The first kappa shape index (κ1) is 13.4. The lowest BCUT2D eigenvalue weighted by atomic mass is 10.0. The largest absolute Gasteiger partial charge is 0.256 e. The lowest BCUT2D eigenvalue weighted by molar-refractivity contribution is 0.602. The molecule has 3 aromatic rings. The van der Waals surface area contributed by atoms with Crippen molar-refractivity contribution < 1.29 is 8.78 Å². The van der Waals surface area contributed by atoms with Gasteiger partial charge in [-0.25, -0.2) is 8.78 Å². The molecular formula is C17H12F2N2. The van der Waals surface area contributed by atoms with Crippen LogP contribution in [-0.4, -0.2) is 9.97 Å². The first-order valence-electron chi connectivity index (χ1n) is 6.48. The Morgan fingerprint density at radius 2 is 1.71 bits per heavy atom. The van der Waals surface area contributed by atoms with Gasteiger partial charge >= 0.3 is 0 Å². The summed E-state index contributed by atoms with van der Waals surface area (Å²) in [7, 11) is 0. The van der Waals surface area contributed by atoms with E-state index in [1.807, 2.05) is 25.1 Å². The van der Waals surface area contributed by atoms with E-state index in [0.717, 1.165) is 35.0 Å². The maximum atomic E-state index is 13.8. The molecule has 2 nitrogen and oxygen atoms in total. The fraction of sp³-hybridized carbons (Fsp3) is 0.0588. The van der Waals surface area contributed by atoms with E-state index in [9.17, 15) is 8.78 Å². The number of rotatable bonds is 2. The molecule has 0 radical (unpaired) electrons. The predicted molar refractivity (Wildman–Crippen MR) is 77.6 cm³/mol. The molecular weight excluding hydrogens is 270 g/mol. The van der Waals surface area contributed by atoms with Crippen LogP contribution < -0.4 is 0 Å². The maximum absolute atomic E-state index is 13.8. The third-order valence-corrected chi connectivity index (χ3v) is 3.26. The molecule has 0 unspecified atom stereocenters. The SMILES string of the molecule is Cc1cc(-c2cc(F)ccc2F)ncc1-c1ccccn1. The average molecular weight is 282 g/mol. The molecule has 2 aromatic heterocycles. The van der Waals surface area contributed by atoms with E-state index in [1.54, 1.807) is 18.5 Å². The molecule has 0 atom stereocenters. The Kier molecular flexibility index (Phi) is 3.44. The van der Waals surface area contributed by atoms with Crippen molar-refractivity contribution in [3.05, 3.63) is 72.1 Å². The molecule has 4 heteroatoms. The minimum Gasteiger partial charge on any atom is -0.256 e. The van der Waals surface area contributed by atoms with Crippen LogP contribution in [-0.2, 0) is 0 Å². The van der Waals surface area contributed by atoms with Crippen LogP contribution in [0.1, 0.15) is 5.56 Å². The monoisotopic (exact) mass is 282 g/mol. The summed E-state index contributed by atoms with van der Waals surface area (Å²) in [5.74, 6) is -0.978. The zero-order valence-corrected chi connectivity index (χ0v) is 11.3. The smallest absolute Gasteiger partial charge is 0.132 e. The molecule has 0 saturated carbocycles. The zero-order chi connectivity index (χ0) is 14.8. The lowest BCUT2D eigenvalue weighted by Crippen LogP contribution is -1.93. The highest BCUT2D eigenvalue weighted by Crippen LogP contribution is 2.27. The normalized spacial score (nSPS) is 10.6. The number of aryl methyl sites for hydroxylation is 1. The molecule has 0 spiro atoms. The summed E-state index contributed by atoms with van der Waals surface area (Å²) in [6, 6.07) is 10.7. The van der Waals surface area contributed by atoms with Gasteiger partial charge in [0, 0.05) is 23.5 Å². The Morgan fingerprint density at radius 3 is 2.43 bits per heavy atom. The average Bonchev–Trinajstić information content (AvgIpc) is 2.50. The highest BCUT2D eigenvalue weighted by molar-refractivity contribution is 5.68. The van der Waals surface area contributed by atoms with Gasteiger partial charge in [-0.1, -0.05) is 6.07 Å². The van der Waals surface area contributed by atoms with E-state index in [2.05, 4.69) is 9.97 Å². The van der Waals surface area contributed by atoms with Gasteiger partial charge in [0.1, 0.15) is 11.6 Å². The van der Waals surface area contributed by atoms with Crippen LogP contribution in [0.15, 0.2) is 54.9 Å². The summed E-state index contributed by atoms with van der Waals surface area (Å²) in [6.45, 7) is 1.90. The number of nitrogens with zero attached hydrogens (tertiary/aromatic N) is 2. The van der Waals surface area contributed by atoms with Crippen molar-refractivity contribution in [1.82, 2.24) is 9.97 Å². The minimum atomic E-state index is -0.492. The standard InChI is InChI=1S/C17H12F2N2/c1-11-8-17(13-9-12(18)5-6-15(13)19)21-10-14(11)16-4-2-3-7-20-16/h2-10H,1H3. The quantitative estimate of drug-likeness (QED) is 0.696. The Balaban J connectivity index is 2.08. The Hall–Kier alpha value is -2.62. The molecule has 0 aliphatic rings. The molecule has 0 fully saturated rings. The fourth-order valence-electron chi connectivity index (χ4n) is 2.19. The molecule has 1 aromatic carbocycles. The highest BCUT2D eigenvalue weighted by Gasteiger charge is 2.11. The minimum absolute atomic E-state index is 0.158. The van der Waals surface area contributed by atoms with Gasteiger partial charge in [-0.3, -0.25) is 9.97 Å². The lowest BCUT2D eigenvalue weighted by Gasteiger charge is -2.08. The summed E-state index contributed by atoms with van der Waals surface area (Å²) in [5, 5.41) is 0. The van der Waals surface area contributed by atoms with Gasteiger partial charge in [0.05, 0.1) is 11.4 Å². The van der Waals surface area contributed by atoms with E-state index < -0.39 is 11.6 Å². The molecule has 0 aliphatic carbocycles. The highest BCUT2D eigenvalue weighted by atomic mass is 19.1. The van der Waals surface area contributed by atoms with Crippen LogP contribution in [0.2, 0.25) is 0 Å². The van der Waals surface area contributed by atoms with Crippen molar-refractivity contribution in [2.24, 2.45) is 0 Å². The fourth-order valence-corrected chi connectivity index (χ4v) is 2.19. The van der Waals surface area contributed by atoms with Crippen LogP contribution in [0.3, 0.4) is 0 Å². The van der Waals surface area contributed by atoms with E-state index in [-0.39, 0.29) is 5.56 Å². The summed E-state index contributed by atoms with van der Waals surface area (Å²) >= 11 is 0. The first-order chi connectivity index (χ1) is 10.1. The molecule has 104 valence electrons. The summed E-state index contributed by atoms with van der Waals surface area (Å²) in [6.07, 6.45) is 3.34. The molecule has 21 heavy (non-hydrogen) atoms. The molecule has 3 rings (SSSR count). The third kappa shape index (κ3) is 2.65. The Labute approximate surface area is 121 Å². The predicted octanol–water partition coefficient (Wildman–Crippen LogP) is 4.40. The van der Waals surface area contributed by atoms with Gasteiger partial charge < -0.3 is 0 Å². The van der Waals surface area contributed by atoms with Crippen molar-refractivity contribution in [3.63, 3.8) is 0 Å². The van der Waals surface area contributed by atoms with Crippen LogP contribution in [0.25, 0.3) is 22.5 Å². The summed E-state index contributed by atoms with van der Waals surface area (Å²) in [4.78, 5) is 8.51. The van der Waals surface area contributed by atoms with Crippen molar-refractivity contribution in [2.75, 3.05) is 0 Å². The topological polar surface area (TPSA) is 25.8 Å². The molecule has 0 N–H and O–H groups in total. The van der Waals surface area contributed by atoms with Crippen LogP contribution >= 0.6 is 0 Å². The van der Waals surface area contributed by atoms with E-state index in [0.29, 0.717) is 5.69 Å². The molecule has 2 heterocycles. The van der Waals surface area contributed by atoms with E-state index in [1.165, 1.54) is 0 Å². The van der Waals surface area contributed by atoms with Crippen molar-refractivity contribution >= 4 is 0 Å². The zero-order valence-electron chi connectivity index (χ0n) is 11.3. The van der Waals surface area contributed by atoms with E-state index in [4.69, 9.17) is 0 Å². The van der Waals surface area contributed by atoms with Gasteiger partial charge in [-0.15, -0.1) is 0 Å². The molecule has 0 saturated heterocycles. The summed E-state index contributed by atoms with van der Waals surface area (Å²) in [5.41, 5.74) is 3.14. The number of hydrogen-bond donors (Lipinski definition) is 0. The summed E-state index contributed by atoms with van der Waals surface area (Å²) < 4.78 is 27.1. The first-order valence-corrected chi connectivity index (χ1v) is 6.48. The second kappa shape index (κ2) is 5.40. The molecule has 0 bridgehead atoms. The number of pyridine rings is 2. The van der Waals surface area contributed by atoms with Gasteiger partial charge in [0.25, 0.3) is 0 Å². The van der Waals surface area contributed by atoms with Crippen LogP contribution in [0, 0.1) is 18.6 Å². The Bertz CT molecular complexity index is 786. The van der Waals surface area contributed by atoms with Crippen molar-refractivity contribution in [1.29, 1.82) is 0 Å². The number of halogens is 2. The second-order valence-electron chi connectivity index (χ2n) is 4.72. The maximum Gasteiger partial charge on any atom is 0.132 e. The van der Waals surface area contributed by atoms with Crippen LogP contribution in [0.5, 0.6) is 0 Å². The molecule has 0 aliphatic heterocycles. The number of hydrogen-bond acceptors (Lipinski definition) is 2. The van der Waals surface area contributed by atoms with Crippen molar-refractivity contribution in [2.45, 2.75) is 6.92 Å². The van der Waals surface area contributed by atoms with Gasteiger partial charge in [0.2, 0.25) is 0 Å². The Morgan fingerprint density at radius 1 is 0.857 bits per heavy atom. The van der Waals surface area contributed by atoms with Crippen LogP contribution in [0.4, 0.5) is 8.78 Å².